The number of methoxy groups -OCH3 is 2. The van der Waals surface area contributed by atoms with Gasteiger partial charge in [-0.05, 0) is 35.9 Å². The summed E-state index contributed by atoms with van der Waals surface area (Å²) in [5.74, 6) is 1.03. The predicted octanol–water partition coefficient (Wildman–Crippen LogP) is 6.19. The van der Waals surface area contributed by atoms with E-state index in [1.165, 1.54) is 10.4 Å². The van der Waals surface area contributed by atoms with Crippen LogP contribution in [0.5, 0.6) is 11.5 Å². The Labute approximate surface area is 231 Å². The molecule has 1 N–H and O–H groups in total. The number of ether oxygens (including phenoxy) is 2. The van der Waals surface area contributed by atoms with E-state index >= 15 is 0 Å². The highest BCUT2D eigenvalue weighted by molar-refractivity contribution is 7.15. The molecular formula is C31H28N4O3S. The quantitative estimate of drug-likeness (QED) is 0.267. The van der Waals surface area contributed by atoms with E-state index < -0.39 is 0 Å². The summed E-state index contributed by atoms with van der Waals surface area (Å²) in [7, 11) is 3.20. The summed E-state index contributed by atoms with van der Waals surface area (Å²) in [4.78, 5) is 26.9. The average Bonchev–Trinajstić information content (AvgIpc) is 3.38. The lowest BCUT2D eigenvalue weighted by Gasteiger charge is -2.25. The molecule has 0 saturated heterocycles. The Morgan fingerprint density at radius 2 is 1.74 bits per heavy atom. The monoisotopic (exact) mass is 536 g/mol. The molecule has 39 heavy (non-hydrogen) atoms. The third kappa shape index (κ3) is 5.21. The normalized spacial score (nSPS) is 13.2. The Balaban J connectivity index is 1.27. The predicted molar refractivity (Wildman–Crippen MR) is 155 cm³/mol. The van der Waals surface area contributed by atoms with E-state index in [4.69, 9.17) is 19.4 Å². The zero-order valence-electron chi connectivity index (χ0n) is 21.8. The molecule has 0 bridgehead atoms. The molecule has 0 spiro atoms. The Bertz CT molecular complexity index is 1650. The molecule has 7 nitrogen and oxygen atoms in total. The van der Waals surface area contributed by atoms with E-state index in [9.17, 15) is 4.79 Å². The van der Waals surface area contributed by atoms with E-state index in [2.05, 4.69) is 34.5 Å². The van der Waals surface area contributed by atoms with E-state index in [0.29, 0.717) is 27.9 Å². The molecule has 0 unspecified atom stereocenters. The Kier molecular flexibility index (Phi) is 6.96. The van der Waals surface area contributed by atoms with Crippen LogP contribution in [-0.2, 0) is 19.5 Å². The molecule has 0 saturated carbocycles. The summed E-state index contributed by atoms with van der Waals surface area (Å²) in [6.45, 7) is 2.68. The fourth-order valence-electron chi connectivity index (χ4n) is 4.95. The van der Waals surface area contributed by atoms with E-state index in [-0.39, 0.29) is 5.91 Å². The van der Waals surface area contributed by atoms with E-state index in [1.54, 1.807) is 25.6 Å². The first kappa shape index (κ1) is 25.0. The van der Waals surface area contributed by atoms with Crippen molar-refractivity contribution in [3.8, 4) is 22.8 Å². The summed E-state index contributed by atoms with van der Waals surface area (Å²) < 4.78 is 10.9. The average molecular weight is 537 g/mol. The maximum Gasteiger partial charge on any atom is 0.258 e. The molecule has 5 aromatic rings. The van der Waals surface area contributed by atoms with Crippen LogP contribution in [0.15, 0.2) is 78.9 Å². The number of carbonyl (C=O) groups excluding carboxylic acids is 1. The lowest BCUT2D eigenvalue weighted by molar-refractivity contribution is 0.102. The van der Waals surface area contributed by atoms with Crippen molar-refractivity contribution in [2.45, 2.75) is 19.5 Å². The third-order valence-electron chi connectivity index (χ3n) is 6.92. The van der Waals surface area contributed by atoms with Gasteiger partial charge in [0.2, 0.25) is 0 Å². The molecule has 1 aliphatic heterocycles. The van der Waals surface area contributed by atoms with Gasteiger partial charge in [-0.1, -0.05) is 48.5 Å². The molecule has 3 aromatic carbocycles. The molecule has 1 amide bonds. The van der Waals surface area contributed by atoms with Gasteiger partial charge in [-0.3, -0.25) is 15.0 Å². The number of fused-ring (bicyclic) bond motifs is 2. The summed E-state index contributed by atoms with van der Waals surface area (Å²) in [6.07, 6.45) is 0.871. The second kappa shape index (κ2) is 10.8. The van der Waals surface area contributed by atoms with Crippen LogP contribution in [0.1, 0.15) is 26.5 Å². The first-order chi connectivity index (χ1) is 19.1. The molecule has 0 aliphatic carbocycles. The lowest BCUT2D eigenvalue weighted by Crippen LogP contribution is -2.29. The number of nitrogens with zero attached hydrogens (tertiary/aromatic N) is 3. The third-order valence-corrected chi connectivity index (χ3v) is 7.92. The number of amides is 1. The molecule has 1 aliphatic rings. The zero-order valence-corrected chi connectivity index (χ0v) is 22.6. The maximum atomic E-state index is 13.6. The Morgan fingerprint density at radius 3 is 2.56 bits per heavy atom. The van der Waals surface area contributed by atoms with Crippen LogP contribution in [-0.4, -0.2) is 41.5 Å². The standard InChI is InChI=1S/C31H28N4O3S/c1-37-27-13-12-21(16-28(27)38-2)26-17-23(22-10-6-7-11-24(22)32-26)30(36)34-31-33-25-14-15-35(19-29(25)39-31)18-20-8-4-3-5-9-20/h3-13,16-17H,14-15,18-19H2,1-2H3,(H,33,34,36). The lowest BCUT2D eigenvalue weighted by atomic mass is 10.0. The fourth-order valence-corrected chi connectivity index (χ4v) is 6.00. The molecule has 2 aromatic heterocycles. The van der Waals surface area contributed by atoms with Crippen molar-refractivity contribution in [3.63, 3.8) is 0 Å². The van der Waals surface area contributed by atoms with Crippen molar-refractivity contribution in [1.82, 2.24) is 14.9 Å². The fraction of sp³-hybridized carbons (Fsp3) is 0.194. The van der Waals surface area contributed by atoms with Crippen LogP contribution in [0, 0.1) is 0 Å². The number of anilines is 1. The summed E-state index contributed by atoms with van der Waals surface area (Å²) in [5, 5.41) is 4.48. The molecule has 0 fully saturated rings. The second-order valence-corrected chi connectivity index (χ2v) is 10.5. The molecule has 3 heterocycles. The van der Waals surface area contributed by atoms with Gasteiger partial charge < -0.3 is 9.47 Å². The van der Waals surface area contributed by atoms with Gasteiger partial charge in [0.1, 0.15) is 0 Å². The SMILES string of the molecule is COc1ccc(-c2cc(C(=O)Nc3nc4c(s3)CN(Cc3ccccc3)CC4)c3ccccc3n2)cc1OC. The van der Waals surface area contributed by atoms with Gasteiger partial charge in [-0.25, -0.2) is 9.97 Å². The van der Waals surface area contributed by atoms with E-state index in [1.807, 2.05) is 54.6 Å². The number of para-hydroxylation sites is 1. The molecule has 6 rings (SSSR count). The molecule has 8 heteroatoms. The summed E-state index contributed by atoms with van der Waals surface area (Å²) in [5.41, 5.74) is 5.17. The second-order valence-electron chi connectivity index (χ2n) is 9.43. The summed E-state index contributed by atoms with van der Waals surface area (Å²) >= 11 is 1.56. The highest BCUT2D eigenvalue weighted by Gasteiger charge is 2.23. The Morgan fingerprint density at radius 1 is 0.949 bits per heavy atom. The van der Waals surface area contributed by atoms with Crippen LogP contribution in [0.2, 0.25) is 0 Å². The first-order valence-electron chi connectivity index (χ1n) is 12.8. The number of hydrogen-bond donors (Lipinski definition) is 1. The number of pyridine rings is 1. The largest absolute Gasteiger partial charge is 0.493 e. The zero-order chi connectivity index (χ0) is 26.8. The van der Waals surface area contributed by atoms with Gasteiger partial charge in [0.05, 0.1) is 36.7 Å². The van der Waals surface area contributed by atoms with Gasteiger partial charge in [0.25, 0.3) is 5.91 Å². The van der Waals surface area contributed by atoms with Crippen molar-refractivity contribution < 1.29 is 14.3 Å². The number of benzene rings is 3. The van der Waals surface area contributed by atoms with Gasteiger partial charge in [-0.15, -0.1) is 11.3 Å². The number of hydrogen-bond acceptors (Lipinski definition) is 7. The Hall–Kier alpha value is -4.27. The van der Waals surface area contributed by atoms with Gasteiger partial charge in [0.15, 0.2) is 16.6 Å². The molecule has 196 valence electrons. The van der Waals surface area contributed by atoms with Crippen LogP contribution in [0.3, 0.4) is 0 Å². The smallest absolute Gasteiger partial charge is 0.258 e. The minimum atomic E-state index is -0.206. The van der Waals surface area contributed by atoms with Gasteiger partial charge in [-0.2, -0.15) is 0 Å². The number of carbonyl (C=O) groups is 1. The van der Waals surface area contributed by atoms with E-state index in [0.717, 1.165) is 48.2 Å². The number of aromatic nitrogens is 2. The van der Waals surface area contributed by atoms with Crippen molar-refractivity contribution in [2.75, 3.05) is 26.1 Å². The van der Waals surface area contributed by atoms with Crippen LogP contribution >= 0.6 is 11.3 Å². The number of nitrogens with one attached hydrogen (secondary N) is 1. The minimum Gasteiger partial charge on any atom is -0.493 e. The van der Waals surface area contributed by atoms with Crippen LogP contribution in [0.4, 0.5) is 5.13 Å². The highest BCUT2D eigenvalue weighted by Crippen LogP contribution is 2.34. The topological polar surface area (TPSA) is 76.6 Å². The molecule has 0 radical (unpaired) electrons. The highest BCUT2D eigenvalue weighted by atomic mass is 32.1. The summed E-state index contributed by atoms with van der Waals surface area (Å²) in [6, 6.07) is 25.6. The van der Waals surface area contributed by atoms with Crippen molar-refractivity contribution in [2.24, 2.45) is 0 Å². The van der Waals surface area contributed by atoms with Crippen molar-refractivity contribution >= 4 is 33.3 Å². The van der Waals surface area contributed by atoms with Crippen LogP contribution in [0.25, 0.3) is 22.2 Å². The maximum absolute atomic E-state index is 13.6. The van der Waals surface area contributed by atoms with Crippen LogP contribution < -0.4 is 14.8 Å². The minimum absolute atomic E-state index is 0.206. The van der Waals surface area contributed by atoms with Crippen molar-refractivity contribution in [3.05, 3.63) is 101 Å². The first-order valence-corrected chi connectivity index (χ1v) is 13.6. The number of thiazole rings is 1. The molecular weight excluding hydrogens is 508 g/mol. The number of rotatable bonds is 7. The van der Waals surface area contributed by atoms with Crippen molar-refractivity contribution in [1.29, 1.82) is 0 Å². The van der Waals surface area contributed by atoms with Gasteiger partial charge in [0, 0.05) is 41.9 Å². The molecule has 0 atom stereocenters. The van der Waals surface area contributed by atoms with Gasteiger partial charge >= 0.3 is 0 Å².